The molecule has 0 spiro atoms. The molecule has 1 N–H and O–H groups in total. The van der Waals surface area contributed by atoms with Crippen LogP contribution in [-0.4, -0.2) is 16.5 Å². The first-order valence-electron chi connectivity index (χ1n) is 6.45. The maximum absolute atomic E-state index is 13.9. The van der Waals surface area contributed by atoms with Crippen molar-refractivity contribution < 1.29 is 8.78 Å². The molecule has 0 amide bonds. The minimum absolute atomic E-state index is 0.0935. The molecule has 0 saturated heterocycles. The zero-order valence-electron chi connectivity index (χ0n) is 11.4. The fraction of sp³-hybridized carbons (Fsp3) is 0.500. The number of benzene rings is 1. The summed E-state index contributed by atoms with van der Waals surface area (Å²) in [7, 11) is 0. The van der Waals surface area contributed by atoms with Crippen LogP contribution >= 0.6 is 11.8 Å². The molecule has 0 bridgehead atoms. The second-order valence-corrected chi connectivity index (χ2v) is 5.78. The Hall–Kier alpha value is -1.10. The molecule has 1 aromatic rings. The third kappa shape index (κ3) is 2.76. The molecule has 5 heteroatoms. The number of aryl methyl sites for hydroxylation is 1. The van der Waals surface area contributed by atoms with Crippen LogP contribution in [0.4, 0.5) is 14.5 Å². The number of thioether (sulfide) groups is 1. The first-order valence-corrected chi connectivity index (χ1v) is 7.44. The molecule has 0 aliphatic carbocycles. The number of aliphatic imine (C=N–C) groups is 1. The third-order valence-electron chi connectivity index (χ3n) is 3.65. The summed E-state index contributed by atoms with van der Waals surface area (Å²) in [4.78, 5) is 4.60. The molecule has 0 saturated carbocycles. The third-order valence-corrected chi connectivity index (χ3v) is 4.80. The topological polar surface area (TPSA) is 24.4 Å². The van der Waals surface area contributed by atoms with Gasteiger partial charge in [0.05, 0.1) is 5.54 Å². The van der Waals surface area contributed by atoms with Gasteiger partial charge in [-0.25, -0.2) is 8.78 Å². The standard InChI is InChI=1S/C14H18F2N2S/c1-4-14(5-2)8-19-13(18-14)17-12-10(15)7-6-9(3)11(12)16/h6-7H,4-5,8H2,1-3H3,(H,17,18). The molecule has 19 heavy (non-hydrogen) atoms. The van der Waals surface area contributed by atoms with Crippen LogP contribution in [-0.2, 0) is 0 Å². The van der Waals surface area contributed by atoms with Crippen molar-refractivity contribution in [1.82, 2.24) is 0 Å². The average Bonchev–Trinajstić information content (AvgIpc) is 2.83. The second-order valence-electron chi connectivity index (χ2n) is 4.82. The average molecular weight is 284 g/mol. The van der Waals surface area contributed by atoms with Gasteiger partial charge in [-0.1, -0.05) is 31.7 Å². The molecule has 0 aromatic heterocycles. The van der Waals surface area contributed by atoms with Crippen molar-refractivity contribution >= 4 is 22.6 Å². The lowest BCUT2D eigenvalue weighted by atomic mass is 9.97. The summed E-state index contributed by atoms with van der Waals surface area (Å²) in [6, 6.07) is 2.70. The Kier molecular flexibility index (Phi) is 4.13. The highest BCUT2D eigenvalue weighted by atomic mass is 32.2. The molecule has 0 unspecified atom stereocenters. The molecule has 1 aromatic carbocycles. The number of anilines is 1. The molecular formula is C14H18F2N2S. The van der Waals surface area contributed by atoms with E-state index in [1.807, 2.05) is 0 Å². The molecule has 1 aliphatic rings. The van der Waals surface area contributed by atoms with Crippen LogP contribution in [0.3, 0.4) is 0 Å². The van der Waals surface area contributed by atoms with Gasteiger partial charge in [-0.05, 0) is 31.4 Å². The number of nitrogens with zero attached hydrogens (tertiary/aromatic N) is 1. The van der Waals surface area contributed by atoms with Crippen molar-refractivity contribution in [3.63, 3.8) is 0 Å². The van der Waals surface area contributed by atoms with E-state index in [9.17, 15) is 8.78 Å². The number of hydrogen-bond acceptors (Lipinski definition) is 3. The molecule has 2 rings (SSSR count). The van der Waals surface area contributed by atoms with E-state index in [-0.39, 0.29) is 11.2 Å². The minimum Gasteiger partial charge on any atom is -0.330 e. The highest BCUT2D eigenvalue weighted by molar-refractivity contribution is 8.14. The van der Waals surface area contributed by atoms with Crippen molar-refractivity contribution in [2.75, 3.05) is 11.1 Å². The summed E-state index contributed by atoms with van der Waals surface area (Å²) in [5.74, 6) is -0.275. The monoisotopic (exact) mass is 284 g/mol. The summed E-state index contributed by atoms with van der Waals surface area (Å²) in [6.07, 6.45) is 1.86. The predicted molar refractivity (Wildman–Crippen MR) is 77.9 cm³/mol. The van der Waals surface area contributed by atoms with Gasteiger partial charge in [0.2, 0.25) is 0 Å². The SMILES string of the molecule is CCC1(CC)CSC(Nc2c(F)ccc(C)c2F)=N1. The summed E-state index contributed by atoms with van der Waals surface area (Å²) in [6.45, 7) is 5.79. The predicted octanol–water partition coefficient (Wildman–Crippen LogP) is 4.35. The lowest BCUT2D eigenvalue weighted by Crippen LogP contribution is -2.24. The Bertz CT molecular complexity index is 510. The smallest absolute Gasteiger partial charge is 0.161 e. The van der Waals surface area contributed by atoms with E-state index in [0.29, 0.717) is 10.7 Å². The molecule has 104 valence electrons. The van der Waals surface area contributed by atoms with E-state index in [1.54, 1.807) is 6.92 Å². The van der Waals surface area contributed by atoms with Gasteiger partial charge in [-0.15, -0.1) is 0 Å². The van der Waals surface area contributed by atoms with E-state index in [2.05, 4.69) is 24.2 Å². The second kappa shape index (κ2) is 5.49. The Labute approximate surface area is 116 Å². The molecular weight excluding hydrogens is 266 g/mol. The van der Waals surface area contributed by atoms with Crippen molar-refractivity contribution in [2.24, 2.45) is 4.99 Å². The lowest BCUT2D eigenvalue weighted by molar-refractivity contribution is 0.456. The van der Waals surface area contributed by atoms with Crippen LogP contribution in [0.2, 0.25) is 0 Å². The van der Waals surface area contributed by atoms with Crippen LogP contribution < -0.4 is 5.32 Å². The van der Waals surface area contributed by atoms with Gasteiger partial charge in [0.1, 0.15) is 11.5 Å². The molecule has 1 heterocycles. The van der Waals surface area contributed by atoms with Gasteiger partial charge in [0.15, 0.2) is 11.0 Å². The normalized spacial score (nSPS) is 17.4. The number of nitrogens with one attached hydrogen (secondary N) is 1. The first-order chi connectivity index (χ1) is 9.01. The van der Waals surface area contributed by atoms with Gasteiger partial charge >= 0.3 is 0 Å². The van der Waals surface area contributed by atoms with Gasteiger partial charge in [0, 0.05) is 5.75 Å². The Morgan fingerprint density at radius 1 is 1.32 bits per heavy atom. The largest absolute Gasteiger partial charge is 0.330 e. The van der Waals surface area contributed by atoms with Crippen molar-refractivity contribution in [3.05, 3.63) is 29.3 Å². The lowest BCUT2D eigenvalue weighted by Gasteiger charge is -2.20. The van der Waals surface area contributed by atoms with Gasteiger partial charge in [0.25, 0.3) is 0 Å². The fourth-order valence-corrected chi connectivity index (χ4v) is 3.35. The van der Waals surface area contributed by atoms with E-state index in [1.165, 1.54) is 23.9 Å². The summed E-state index contributed by atoms with van der Waals surface area (Å²) in [5, 5.41) is 3.41. The molecule has 0 radical (unpaired) electrons. The van der Waals surface area contributed by atoms with Crippen molar-refractivity contribution in [3.8, 4) is 0 Å². The minimum atomic E-state index is -0.586. The summed E-state index contributed by atoms with van der Waals surface area (Å²) in [5.41, 5.74) is 0.225. The number of rotatable bonds is 3. The summed E-state index contributed by atoms with van der Waals surface area (Å²) >= 11 is 1.52. The van der Waals surface area contributed by atoms with E-state index in [0.717, 1.165) is 18.6 Å². The quantitative estimate of drug-likeness (QED) is 0.892. The van der Waals surface area contributed by atoms with Gasteiger partial charge in [-0.3, -0.25) is 4.99 Å². The molecule has 2 nitrogen and oxygen atoms in total. The van der Waals surface area contributed by atoms with Crippen molar-refractivity contribution in [1.29, 1.82) is 0 Å². The van der Waals surface area contributed by atoms with E-state index in [4.69, 9.17) is 0 Å². The van der Waals surface area contributed by atoms with Crippen LogP contribution in [0.25, 0.3) is 0 Å². The zero-order chi connectivity index (χ0) is 14.0. The number of halogens is 2. The Morgan fingerprint density at radius 3 is 2.58 bits per heavy atom. The first kappa shape index (κ1) is 14.3. The number of hydrogen-bond donors (Lipinski definition) is 1. The number of amidine groups is 1. The van der Waals surface area contributed by atoms with E-state index < -0.39 is 11.6 Å². The van der Waals surface area contributed by atoms with Gasteiger partial charge < -0.3 is 5.32 Å². The van der Waals surface area contributed by atoms with Crippen LogP contribution in [0, 0.1) is 18.6 Å². The zero-order valence-corrected chi connectivity index (χ0v) is 12.2. The maximum Gasteiger partial charge on any atom is 0.161 e. The van der Waals surface area contributed by atoms with Crippen LogP contribution in [0.5, 0.6) is 0 Å². The Balaban J connectivity index is 2.26. The van der Waals surface area contributed by atoms with E-state index >= 15 is 0 Å². The fourth-order valence-electron chi connectivity index (χ4n) is 2.04. The van der Waals surface area contributed by atoms with Gasteiger partial charge in [-0.2, -0.15) is 0 Å². The molecule has 0 atom stereocenters. The highest BCUT2D eigenvalue weighted by Crippen LogP contribution is 2.34. The van der Waals surface area contributed by atoms with Crippen molar-refractivity contribution in [2.45, 2.75) is 39.2 Å². The molecule has 1 aliphatic heterocycles. The summed E-state index contributed by atoms with van der Waals surface area (Å²) < 4.78 is 27.6. The maximum atomic E-state index is 13.9. The highest BCUT2D eigenvalue weighted by Gasteiger charge is 2.32. The Morgan fingerprint density at radius 2 is 2.00 bits per heavy atom. The van der Waals surface area contributed by atoms with Crippen LogP contribution in [0.1, 0.15) is 32.3 Å². The van der Waals surface area contributed by atoms with Crippen LogP contribution in [0.15, 0.2) is 17.1 Å². The molecule has 0 fully saturated rings.